The van der Waals surface area contributed by atoms with Gasteiger partial charge in [-0.2, -0.15) is 0 Å². The van der Waals surface area contributed by atoms with Gasteiger partial charge in [0.15, 0.2) is 0 Å². The first kappa shape index (κ1) is 13.8. The van der Waals surface area contributed by atoms with Gasteiger partial charge in [0.25, 0.3) is 0 Å². The molecule has 0 aliphatic carbocycles. The van der Waals surface area contributed by atoms with Crippen LogP contribution in [0, 0.1) is 6.92 Å². The average Bonchev–Trinajstić information content (AvgIpc) is 2.38. The van der Waals surface area contributed by atoms with Gasteiger partial charge in [0, 0.05) is 17.9 Å². The van der Waals surface area contributed by atoms with Gasteiger partial charge < -0.3 is 0 Å². The van der Waals surface area contributed by atoms with Gasteiger partial charge in [-0.15, -0.1) is 0 Å². The van der Waals surface area contributed by atoms with E-state index in [9.17, 15) is 4.79 Å². The quantitative estimate of drug-likeness (QED) is 0.789. The molecule has 2 rings (SSSR count). The van der Waals surface area contributed by atoms with Crippen molar-refractivity contribution >= 4 is 17.4 Å². The van der Waals surface area contributed by atoms with Crippen LogP contribution >= 0.6 is 11.6 Å². The molecular weight excluding hydrogens is 256 g/mol. The number of aryl methyl sites for hydroxylation is 2. The third-order valence-electron chi connectivity index (χ3n) is 3.22. The summed E-state index contributed by atoms with van der Waals surface area (Å²) in [6.45, 7) is 2.08. The highest BCUT2D eigenvalue weighted by Crippen LogP contribution is 2.14. The lowest BCUT2D eigenvalue weighted by Gasteiger charge is -2.05. The molecule has 2 aromatic rings. The van der Waals surface area contributed by atoms with Crippen LogP contribution in [0.15, 0.2) is 48.5 Å². The normalized spacial score (nSPS) is 10.4. The molecule has 0 amide bonds. The Hall–Kier alpha value is -1.60. The van der Waals surface area contributed by atoms with Crippen molar-refractivity contribution in [1.29, 1.82) is 0 Å². The van der Waals surface area contributed by atoms with Gasteiger partial charge in [-0.3, -0.25) is 4.79 Å². The van der Waals surface area contributed by atoms with E-state index in [1.807, 2.05) is 36.4 Å². The lowest BCUT2D eigenvalue weighted by atomic mass is 10.00. The topological polar surface area (TPSA) is 17.1 Å². The first-order valence-electron chi connectivity index (χ1n) is 6.46. The molecule has 0 aliphatic rings. The fraction of sp³-hybridized carbons (Fsp3) is 0.235. The van der Waals surface area contributed by atoms with Crippen LogP contribution in [-0.4, -0.2) is 5.78 Å². The lowest BCUT2D eigenvalue weighted by Crippen LogP contribution is -2.05. The number of ketones is 1. The molecule has 0 saturated carbocycles. The van der Waals surface area contributed by atoms with Gasteiger partial charge in [-0.05, 0) is 42.2 Å². The molecule has 0 aliphatic heterocycles. The van der Waals surface area contributed by atoms with E-state index in [2.05, 4.69) is 19.1 Å². The fourth-order valence-electron chi connectivity index (χ4n) is 2.13. The average molecular weight is 273 g/mol. The first-order valence-corrected chi connectivity index (χ1v) is 6.83. The number of Topliss-reactive ketones (excluding diaryl/α,β-unsaturated/α-hetero) is 1. The Balaban J connectivity index is 1.90. The maximum atomic E-state index is 12.0. The Labute approximate surface area is 119 Å². The van der Waals surface area contributed by atoms with Crippen molar-refractivity contribution in [2.24, 2.45) is 0 Å². The fourth-order valence-corrected chi connectivity index (χ4v) is 2.34. The molecule has 2 heteroatoms. The van der Waals surface area contributed by atoms with Crippen LogP contribution in [0.3, 0.4) is 0 Å². The molecule has 2 aromatic carbocycles. The zero-order valence-electron chi connectivity index (χ0n) is 11.0. The van der Waals surface area contributed by atoms with Crippen LogP contribution in [0.25, 0.3) is 0 Å². The maximum Gasteiger partial charge on any atom is 0.137 e. The summed E-state index contributed by atoms with van der Waals surface area (Å²) < 4.78 is 0. The third kappa shape index (κ3) is 4.22. The largest absolute Gasteiger partial charge is 0.299 e. The van der Waals surface area contributed by atoms with E-state index in [1.165, 1.54) is 11.1 Å². The summed E-state index contributed by atoms with van der Waals surface area (Å²) in [5.41, 5.74) is 3.49. The molecule has 0 heterocycles. The van der Waals surface area contributed by atoms with Crippen LogP contribution in [0.2, 0.25) is 5.02 Å². The van der Waals surface area contributed by atoms with Crippen LogP contribution in [0.1, 0.15) is 23.1 Å². The van der Waals surface area contributed by atoms with Crippen molar-refractivity contribution in [2.75, 3.05) is 0 Å². The molecule has 0 aromatic heterocycles. The van der Waals surface area contributed by atoms with Crippen LogP contribution < -0.4 is 0 Å². The number of hydrogen-bond donors (Lipinski definition) is 0. The summed E-state index contributed by atoms with van der Waals surface area (Å²) in [6.07, 6.45) is 1.86. The second-order valence-corrected chi connectivity index (χ2v) is 5.21. The smallest absolute Gasteiger partial charge is 0.137 e. The van der Waals surface area contributed by atoms with Crippen molar-refractivity contribution in [2.45, 2.75) is 26.2 Å². The van der Waals surface area contributed by atoms with E-state index in [0.29, 0.717) is 17.9 Å². The van der Waals surface area contributed by atoms with E-state index in [-0.39, 0.29) is 5.78 Å². The highest BCUT2D eigenvalue weighted by atomic mass is 35.5. The monoisotopic (exact) mass is 272 g/mol. The molecule has 19 heavy (non-hydrogen) atoms. The van der Waals surface area contributed by atoms with Crippen molar-refractivity contribution in [3.8, 4) is 0 Å². The van der Waals surface area contributed by atoms with Gasteiger partial charge in [-0.25, -0.2) is 0 Å². The van der Waals surface area contributed by atoms with E-state index in [0.717, 1.165) is 12.0 Å². The van der Waals surface area contributed by atoms with Crippen molar-refractivity contribution in [3.63, 3.8) is 0 Å². The minimum atomic E-state index is 0.255. The van der Waals surface area contributed by atoms with E-state index in [1.54, 1.807) is 0 Å². The number of carbonyl (C=O) groups excluding carboxylic acids is 1. The zero-order valence-corrected chi connectivity index (χ0v) is 11.8. The van der Waals surface area contributed by atoms with E-state index < -0.39 is 0 Å². The Bertz CT molecular complexity index is 575. The summed E-state index contributed by atoms with van der Waals surface area (Å²) in [4.78, 5) is 12.0. The minimum Gasteiger partial charge on any atom is -0.299 e. The molecule has 98 valence electrons. The SMILES string of the molecule is Cc1ccccc1CCC(=O)Cc1cccc(Cl)c1. The van der Waals surface area contributed by atoms with Gasteiger partial charge in [0.2, 0.25) is 0 Å². The van der Waals surface area contributed by atoms with Crippen molar-refractivity contribution in [3.05, 3.63) is 70.2 Å². The number of hydrogen-bond acceptors (Lipinski definition) is 1. The Morgan fingerprint density at radius 2 is 1.89 bits per heavy atom. The lowest BCUT2D eigenvalue weighted by molar-refractivity contribution is -0.118. The van der Waals surface area contributed by atoms with E-state index in [4.69, 9.17) is 11.6 Å². The second-order valence-electron chi connectivity index (χ2n) is 4.77. The summed E-state index contributed by atoms with van der Waals surface area (Å²) >= 11 is 5.91. The molecule has 0 spiro atoms. The number of benzene rings is 2. The molecule has 0 radical (unpaired) electrons. The minimum absolute atomic E-state index is 0.255. The molecule has 0 saturated heterocycles. The van der Waals surface area contributed by atoms with Crippen LogP contribution in [-0.2, 0) is 17.6 Å². The highest BCUT2D eigenvalue weighted by molar-refractivity contribution is 6.30. The second kappa shape index (κ2) is 6.53. The van der Waals surface area contributed by atoms with Crippen LogP contribution in [0.4, 0.5) is 0 Å². The van der Waals surface area contributed by atoms with Gasteiger partial charge in [-0.1, -0.05) is 48.0 Å². The molecule has 0 N–H and O–H groups in total. The Morgan fingerprint density at radius 1 is 1.11 bits per heavy atom. The Morgan fingerprint density at radius 3 is 2.63 bits per heavy atom. The number of rotatable bonds is 5. The molecule has 0 bridgehead atoms. The predicted molar refractivity (Wildman–Crippen MR) is 79.7 cm³/mol. The highest BCUT2D eigenvalue weighted by Gasteiger charge is 2.06. The Kier molecular flexibility index (Phi) is 4.75. The predicted octanol–water partition coefficient (Wildman–Crippen LogP) is 4.39. The molecule has 0 atom stereocenters. The first-order chi connectivity index (χ1) is 9.15. The molecule has 0 unspecified atom stereocenters. The van der Waals surface area contributed by atoms with Gasteiger partial charge in [0.1, 0.15) is 5.78 Å². The molecular formula is C17H17ClO. The third-order valence-corrected chi connectivity index (χ3v) is 3.46. The summed E-state index contributed by atoms with van der Waals surface area (Å²) in [5.74, 6) is 0.255. The molecule has 0 fully saturated rings. The van der Waals surface area contributed by atoms with Crippen molar-refractivity contribution in [1.82, 2.24) is 0 Å². The zero-order chi connectivity index (χ0) is 13.7. The number of carbonyl (C=O) groups is 1. The van der Waals surface area contributed by atoms with Crippen LogP contribution in [0.5, 0.6) is 0 Å². The summed E-state index contributed by atoms with van der Waals surface area (Å²) in [6, 6.07) is 15.7. The molecule has 1 nitrogen and oxygen atoms in total. The summed E-state index contributed by atoms with van der Waals surface area (Å²) in [5, 5.41) is 0.684. The summed E-state index contributed by atoms with van der Waals surface area (Å²) in [7, 11) is 0. The number of halogens is 1. The standard InChI is InChI=1S/C17H17ClO/c1-13-5-2-3-7-15(13)9-10-17(19)12-14-6-4-8-16(18)11-14/h2-8,11H,9-10,12H2,1H3. The van der Waals surface area contributed by atoms with Crippen molar-refractivity contribution < 1.29 is 4.79 Å². The van der Waals surface area contributed by atoms with Gasteiger partial charge >= 0.3 is 0 Å². The van der Waals surface area contributed by atoms with Gasteiger partial charge in [0.05, 0.1) is 0 Å². The maximum absolute atomic E-state index is 12.0. The van der Waals surface area contributed by atoms with E-state index >= 15 is 0 Å².